The van der Waals surface area contributed by atoms with Crippen molar-refractivity contribution in [2.75, 3.05) is 19.8 Å². The van der Waals surface area contributed by atoms with Crippen LogP contribution in [0.5, 0.6) is 0 Å². The smallest absolute Gasteiger partial charge is 0.343 e. The molecule has 1 heterocycles. The summed E-state index contributed by atoms with van der Waals surface area (Å²) in [6.07, 6.45) is 0. The summed E-state index contributed by atoms with van der Waals surface area (Å²) in [5, 5.41) is 10.9. The Hall–Kier alpha value is -0.980. The number of hydrogen-bond donors (Lipinski definition) is 0. The van der Waals surface area contributed by atoms with E-state index in [9.17, 15) is 31.7 Å². The van der Waals surface area contributed by atoms with Crippen LogP contribution in [0.3, 0.4) is 0 Å². The highest BCUT2D eigenvalue weighted by molar-refractivity contribution is 7.87. The molecule has 0 aliphatic carbocycles. The molecule has 12 heteroatoms. The molecule has 0 amide bonds. The van der Waals surface area contributed by atoms with Gasteiger partial charge in [0.05, 0.1) is 0 Å². The third kappa shape index (κ3) is 3.56. The summed E-state index contributed by atoms with van der Waals surface area (Å²) in [4.78, 5) is 9.97. The van der Waals surface area contributed by atoms with Gasteiger partial charge < -0.3 is 9.47 Å². The van der Waals surface area contributed by atoms with Crippen LogP contribution in [0.15, 0.2) is 0 Å². The Morgan fingerprint density at radius 2 is 1.75 bits per heavy atom. The van der Waals surface area contributed by atoms with Crippen molar-refractivity contribution in [3.05, 3.63) is 10.1 Å². The molecule has 0 aromatic carbocycles. The van der Waals surface area contributed by atoms with Crippen LogP contribution < -0.4 is 0 Å². The van der Waals surface area contributed by atoms with Crippen molar-refractivity contribution in [2.45, 2.75) is 30.7 Å². The zero-order chi connectivity index (χ0) is 15.8. The van der Waals surface area contributed by atoms with Crippen LogP contribution in [0.1, 0.15) is 13.8 Å². The lowest BCUT2D eigenvalue weighted by atomic mass is 10.0. The molecule has 0 spiro atoms. The summed E-state index contributed by atoms with van der Waals surface area (Å²) in [7, 11) is -5.91. The minimum Gasteiger partial charge on any atom is -0.343 e. The molecule has 0 radical (unpaired) electrons. The monoisotopic (exact) mass is 323 g/mol. The van der Waals surface area contributed by atoms with E-state index in [0.29, 0.717) is 0 Å². The van der Waals surface area contributed by atoms with Crippen LogP contribution in [0, 0.1) is 10.1 Å². The maximum atomic E-state index is 12.1. The molecule has 0 bridgehead atoms. The highest BCUT2D eigenvalue weighted by atomic mass is 32.2. The molecule has 1 fully saturated rings. The van der Waals surface area contributed by atoms with Crippen molar-refractivity contribution in [1.29, 1.82) is 0 Å². The fraction of sp³-hybridized carbons (Fsp3) is 1.00. The Bertz CT molecular complexity index is 477. The Labute approximate surface area is 112 Å². The van der Waals surface area contributed by atoms with E-state index in [2.05, 4.69) is 4.18 Å². The number of nitrogens with zero attached hydrogens (tertiary/aromatic N) is 1. The van der Waals surface area contributed by atoms with Crippen LogP contribution in [0.4, 0.5) is 13.2 Å². The Morgan fingerprint density at radius 3 is 2.10 bits per heavy atom. The lowest BCUT2D eigenvalue weighted by Crippen LogP contribution is -2.58. The number of halogens is 3. The zero-order valence-electron chi connectivity index (χ0n) is 10.5. The molecular weight excluding hydrogens is 311 g/mol. The average Bonchev–Trinajstić information content (AvgIpc) is 2.26. The molecule has 0 unspecified atom stereocenters. The van der Waals surface area contributed by atoms with Crippen molar-refractivity contribution < 1.29 is 40.2 Å². The standard InChI is InChI=1S/C8H12F3NO7S/c1-6(2)17-3-7(4-18-6,12(13)14)5-19-20(15,16)8(9,10)11/h3-5H2,1-2H3. The van der Waals surface area contributed by atoms with Crippen LogP contribution in [-0.4, -0.2) is 50.0 Å². The van der Waals surface area contributed by atoms with E-state index in [-0.39, 0.29) is 0 Å². The normalized spacial score (nSPS) is 22.4. The van der Waals surface area contributed by atoms with E-state index in [1.54, 1.807) is 0 Å². The van der Waals surface area contributed by atoms with Gasteiger partial charge in [0.2, 0.25) is 0 Å². The Kier molecular flexibility index (Phi) is 4.35. The van der Waals surface area contributed by atoms with Gasteiger partial charge in [-0.05, 0) is 13.8 Å². The Balaban J connectivity index is 2.84. The van der Waals surface area contributed by atoms with Crippen LogP contribution in [0.2, 0.25) is 0 Å². The molecule has 0 atom stereocenters. The predicted molar refractivity (Wildman–Crippen MR) is 56.6 cm³/mol. The summed E-state index contributed by atoms with van der Waals surface area (Å²) in [5.41, 5.74) is -7.87. The molecule has 1 aliphatic rings. The van der Waals surface area contributed by atoms with Crippen molar-refractivity contribution in [3.63, 3.8) is 0 Å². The average molecular weight is 323 g/mol. The number of rotatable bonds is 4. The summed E-state index contributed by atoms with van der Waals surface area (Å²) in [6.45, 7) is 0.285. The van der Waals surface area contributed by atoms with Crippen LogP contribution in [0.25, 0.3) is 0 Å². The second-order valence-electron chi connectivity index (χ2n) is 4.62. The van der Waals surface area contributed by atoms with Gasteiger partial charge in [0.1, 0.15) is 19.8 Å². The Morgan fingerprint density at radius 1 is 1.30 bits per heavy atom. The van der Waals surface area contributed by atoms with Gasteiger partial charge in [-0.3, -0.25) is 14.3 Å². The summed E-state index contributed by atoms with van der Waals surface area (Å²) in [6, 6.07) is 0. The molecule has 8 nitrogen and oxygen atoms in total. The van der Waals surface area contributed by atoms with E-state index in [1.807, 2.05) is 0 Å². The quantitative estimate of drug-likeness (QED) is 0.324. The van der Waals surface area contributed by atoms with Gasteiger partial charge >= 0.3 is 15.6 Å². The van der Waals surface area contributed by atoms with E-state index in [1.165, 1.54) is 13.8 Å². The minimum absolute atomic E-state index is 0.639. The van der Waals surface area contributed by atoms with E-state index in [0.717, 1.165) is 0 Å². The van der Waals surface area contributed by atoms with Gasteiger partial charge in [-0.2, -0.15) is 21.6 Å². The van der Waals surface area contributed by atoms with E-state index in [4.69, 9.17) is 9.47 Å². The zero-order valence-corrected chi connectivity index (χ0v) is 11.3. The first-order chi connectivity index (χ1) is 8.81. The fourth-order valence-corrected chi connectivity index (χ4v) is 1.70. The van der Waals surface area contributed by atoms with Gasteiger partial charge in [0, 0.05) is 4.92 Å². The molecule has 118 valence electrons. The van der Waals surface area contributed by atoms with Crippen LogP contribution in [-0.2, 0) is 23.8 Å². The number of nitro groups is 1. The first kappa shape index (κ1) is 17.1. The van der Waals surface area contributed by atoms with Gasteiger partial charge in [0.15, 0.2) is 5.79 Å². The van der Waals surface area contributed by atoms with Gasteiger partial charge in [0.25, 0.3) is 5.54 Å². The molecule has 0 N–H and O–H groups in total. The summed E-state index contributed by atoms with van der Waals surface area (Å²) < 4.78 is 71.4. The van der Waals surface area contributed by atoms with Crippen molar-refractivity contribution in [2.24, 2.45) is 0 Å². The maximum Gasteiger partial charge on any atom is 0.523 e. The molecule has 20 heavy (non-hydrogen) atoms. The molecule has 0 aromatic rings. The number of alkyl halides is 3. The number of hydrogen-bond acceptors (Lipinski definition) is 7. The van der Waals surface area contributed by atoms with Gasteiger partial charge in [-0.15, -0.1) is 0 Å². The molecular formula is C8H12F3NO7S. The topological polar surface area (TPSA) is 105 Å². The van der Waals surface area contributed by atoms with Crippen molar-refractivity contribution >= 4 is 10.1 Å². The fourth-order valence-electron chi connectivity index (χ4n) is 1.20. The molecule has 1 saturated heterocycles. The minimum atomic E-state index is -5.91. The first-order valence-electron chi connectivity index (χ1n) is 5.19. The van der Waals surface area contributed by atoms with Crippen molar-refractivity contribution in [1.82, 2.24) is 0 Å². The lowest BCUT2D eigenvalue weighted by Gasteiger charge is -2.37. The number of ether oxygens (including phenoxy) is 2. The summed E-state index contributed by atoms with van der Waals surface area (Å²) >= 11 is 0. The van der Waals surface area contributed by atoms with Gasteiger partial charge in [-0.1, -0.05) is 0 Å². The SMILES string of the molecule is CC1(C)OCC(COS(=O)(=O)C(F)(F)F)([N+](=O)[O-])CO1. The maximum absolute atomic E-state index is 12.1. The molecule has 0 saturated carbocycles. The third-order valence-corrected chi connectivity index (χ3v) is 3.53. The second kappa shape index (κ2) is 5.09. The van der Waals surface area contributed by atoms with E-state index >= 15 is 0 Å². The largest absolute Gasteiger partial charge is 0.523 e. The second-order valence-corrected chi connectivity index (χ2v) is 6.23. The third-order valence-electron chi connectivity index (χ3n) is 2.53. The highest BCUT2D eigenvalue weighted by Gasteiger charge is 2.54. The van der Waals surface area contributed by atoms with Gasteiger partial charge in [-0.25, -0.2) is 0 Å². The predicted octanol–water partition coefficient (Wildman–Crippen LogP) is 0.651. The highest BCUT2D eigenvalue weighted by Crippen LogP contribution is 2.29. The molecule has 1 rings (SSSR count). The lowest BCUT2D eigenvalue weighted by molar-refractivity contribution is -0.597. The van der Waals surface area contributed by atoms with Crippen molar-refractivity contribution in [3.8, 4) is 0 Å². The molecule has 0 aromatic heterocycles. The summed E-state index contributed by atoms with van der Waals surface area (Å²) in [5.74, 6) is -1.15. The first-order valence-corrected chi connectivity index (χ1v) is 6.60. The van der Waals surface area contributed by atoms with E-state index < -0.39 is 51.7 Å². The molecule has 1 aliphatic heterocycles. The van der Waals surface area contributed by atoms with Crippen LogP contribution >= 0.6 is 0 Å².